The van der Waals surface area contributed by atoms with Crippen LogP contribution in [0.4, 0.5) is 0 Å². The SMILES string of the molecule is Cc1cc(=O)c(O)c([C@H](CC(=O)N2CCOCC2)c2cnn3cccnc23)o1. The molecule has 3 aromatic rings. The van der Waals surface area contributed by atoms with E-state index in [0.717, 1.165) is 0 Å². The second-order valence-corrected chi connectivity index (χ2v) is 6.67. The minimum atomic E-state index is -0.699. The second-order valence-electron chi connectivity index (χ2n) is 6.67. The Morgan fingerprint density at radius 3 is 2.93 bits per heavy atom. The third-order valence-corrected chi connectivity index (χ3v) is 4.81. The van der Waals surface area contributed by atoms with Crippen molar-refractivity contribution in [3.63, 3.8) is 0 Å². The van der Waals surface area contributed by atoms with E-state index in [2.05, 4.69) is 10.1 Å². The predicted molar refractivity (Wildman–Crippen MR) is 98.2 cm³/mol. The summed E-state index contributed by atoms with van der Waals surface area (Å²) in [6, 6.07) is 2.95. The molecule has 1 saturated heterocycles. The topological polar surface area (TPSA) is 110 Å². The van der Waals surface area contributed by atoms with Crippen molar-refractivity contribution in [3.8, 4) is 5.75 Å². The quantitative estimate of drug-likeness (QED) is 0.716. The predicted octanol–water partition coefficient (Wildman–Crippen LogP) is 1.08. The Balaban J connectivity index is 1.79. The van der Waals surface area contributed by atoms with E-state index in [-0.39, 0.29) is 18.1 Å². The van der Waals surface area contributed by atoms with Gasteiger partial charge in [-0.05, 0) is 13.0 Å². The monoisotopic (exact) mass is 384 g/mol. The van der Waals surface area contributed by atoms with Crippen molar-refractivity contribution in [2.75, 3.05) is 26.3 Å². The average molecular weight is 384 g/mol. The molecule has 4 rings (SSSR count). The molecule has 0 bridgehead atoms. The number of carbonyl (C=O) groups excluding carboxylic acids is 1. The van der Waals surface area contributed by atoms with Crippen molar-refractivity contribution >= 4 is 11.6 Å². The molecule has 1 aliphatic heterocycles. The summed E-state index contributed by atoms with van der Waals surface area (Å²) < 4.78 is 12.6. The lowest BCUT2D eigenvalue weighted by Crippen LogP contribution is -2.41. The number of hydrogen-bond donors (Lipinski definition) is 1. The molecule has 0 unspecified atom stereocenters. The van der Waals surface area contributed by atoms with Gasteiger partial charge < -0.3 is 19.2 Å². The van der Waals surface area contributed by atoms with E-state index in [0.29, 0.717) is 43.3 Å². The molecular weight excluding hydrogens is 364 g/mol. The van der Waals surface area contributed by atoms with Crippen LogP contribution in [0.2, 0.25) is 0 Å². The first-order valence-electron chi connectivity index (χ1n) is 9.02. The van der Waals surface area contributed by atoms with Crippen LogP contribution in [0.15, 0.2) is 39.9 Å². The van der Waals surface area contributed by atoms with Crippen LogP contribution >= 0.6 is 0 Å². The summed E-state index contributed by atoms with van der Waals surface area (Å²) in [5.74, 6) is -0.915. The molecule has 0 radical (unpaired) electrons. The summed E-state index contributed by atoms with van der Waals surface area (Å²) in [7, 11) is 0. The Bertz CT molecular complexity index is 1070. The maximum Gasteiger partial charge on any atom is 0.227 e. The van der Waals surface area contributed by atoms with E-state index >= 15 is 0 Å². The lowest BCUT2D eigenvalue weighted by Gasteiger charge is -2.28. The molecule has 0 aromatic carbocycles. The van der Waals surface area contributed by atoms with E-state index in [4.69, 9.17) is 9.15 Å². The van der Waals surface area contributed by atoms with Crippen LogP contribution in [0.5, 0.6) is 5.75 Å². The van der Waals surface area contributed by atoms with Crippen molar-refractivity contribution in [3.05, 3.63) is 58.0 Å². The molecule has 0 spiro atoms. The van der Waals surface area contributed by atoms with Crippen molar-refractivity contribution in [1.29, 1.82) is 0 Å². The number of hydrogen-bond acceptors (Lipinski definition) is 7. The van der Waals surface area contributed by atoms with Crippen LogP contribution in [-0.2, 0) is 9.53 Å². The number of aromatic nitrogens is 3. The molecule has 146 valence electrons. The van der Waals surface area contributed by atoms with Gasteiger partial charge in [-0.15, -0.1) is 0 Å². The first-order chi connectivity index (χ1) is 13.5. The average Bonchev–Trinajstić information content (AvgIpc) is 3.13. The smallest absolute Gasteiger partial charge is 0.227 e. The molecule has 0 aliphatic carbocycles. The third kappa shape index (κ3) is 3.36. The Morgan fingerprint density at radius 1 is 1.36 bits per heavy atom. The molecular formula is C19H20N4O5. The normalized spacial score (nSPS) is 15.7. The molecule has 28 heavy (non-hydrogen) atoms. The van der Waals surface area contributed by atoms with E-state index < -0.39 is 17.1 Å². The van der Waals surface area contributed by atoms with Crippen LogP contribution in [-0.4, -0.2) is 56.8 Å². The highest BCUT2D eigenvalue weighted by Gasteiger charge is 2.31. The summed E-state index contributed by atoms with van der Waals surface area (Å²) in [4.78, 5) is 31.1. The first kappa shape index (κ1) is 18.2. The Kier molecular flexibility index (Phi) is 4.82. The fraction of sp³-hybridized carbons (Fsp3) is 0.368. The van der Waals surface area contributed by atoms with Crippen molar-refractivity contribution < 1.29 is 19.1 Å². The van der Waals surface area contributed by atoms with E-state index in [1.807, 2.05) is 0 Å². The maximum absolute atomic E-state index is 12.9. The molecule has 4 heterocycles. The minimum Gasteiger partial charge on any atom is -0.502 e. The summed E-state index contributed by atoms with van der Waals surface area (Å²) in [6.45, 7) is 3.60. The standard InChI is InChI=1S/C19H20N4O5/c1-12-9-15(24)17(26)18(28-12)13(10-16(25)22-5-7-27-8-6-22)14-11-21-23-4-2-3-20-19(14)23/h2-4,9,11,13,26H,5-8,10H2,1H3/t13-/m1/s1. The van der Waals surface area contributed by atoms with Gasteiger partial charge in [-0.1, -0.05) is 0 Å². The van der Waals surface area contributed by atoms with Gasteiger partial charge in [-0.3, -0.25) is 9.59 Å². The van der Waals surface area contributed by atoms with E-state index in [1.165, 1.54) is 6.07 Å². The lowest BCUT2D eigenvalue weighted by atomic mass is 9.93. The number of fused-ring (bicyclic) bond motifs is 1. The number of nitrogens with zero attached hydrogens (tertiary/aromatic N) is 4. The van der Waals surface area contributed by atoms with Gasteiger partial charge in [0, 0.05) is 43.5 Å². The Labute approximate surface area is 160 Å². The molecule has 1 atom stereocenters. The van der Waals surface area contributed by atoms with Gasteiger partial charge >= 0.3 is 0 Å². The molecule has 3 aromatic heterocycles. The second kappa shape index (κ2) is 7.43. The van der Waals surface area contributed by atoms with Crippen LogP contribution in [0.1, 0.15) is 29.4 Å². The summed E-state index contributed by atoms with van der Waals surface area (Å²) in [5, 5.41) is 14.7. The summed E-state index contributed by atoms with van der Waals surface area (Å²) in [6.07, 6.45) is 4.95. The van der Waals surface area contributed by atoms with Gasteiger partial charge in [0.2, 0.25) is 17.1 Å². The highest BCUT2D eigenvalue weighted by molar-refractivity contribution is 5.78. The third-order valence-electron chi connectivity index (χ3n) is 4.81. The van der Waals surface area contributed by atoms with Crippen molar-refractivity contribution in [1.82, 2.24) is 19.5 Å². The molecule has 9 nitrogen and oxygen atoms in total. The number of morpholine rings is 1. The molecule has 1 aliphatic rings. The zero-order valence-corrected chi connectivity index (χ0v) is 15.4. The molecule has 1 N–H and O–H groups in total. The zero-order chi connectivity index (χ0) is 19.7. The van der Waals surface area contributed by atoms with Gasteiger partial charge in [0.05, 0.1) is 25.3 Å². The van der Waals surface area contributed by atoms with Crippen LogP contribution < -0.4 is 5.43 Å². The van der Waals surface area contributed by atoms with Crippen LogP contribution in [0.3, 0.4) is 0 Å². The van der Waals surface area contributed by atoms with E-state index in [9.17, 15) is 14.7 Å². The number of ether oxygens (including phenoxy) is 1. The molecule has 1 amide bonds. The number of carbonyl (C=O) groups is 1. The van der Waals surface area contributed by atoms with Gasteiger partial charge in [-0.2, -0.15) is 5.10 Å². The molecule has 1 fully saturated rings. The minimum absolute atomic E-state index is 0.0118. The number of amides is 1. The lowest BCUT2D eigenvalue weighted by molar-refractivity contribution is -0.135. The Morgan fingerprint density at radius 2 is 2.14 bits per heavy atom. The van der Waals surface area contributed by atoms with Crippen molar-refractivity contribution in [2.45, 2.75) is 19.3 Å². The fourth-order valence-electron chi connectivity index (χ4n) is 3.41. The number of rotatable bonds is 4. The van der Waals surface area contributed by atoms with Crippen molar-refractivity contribution in [2.24, 2.45) is 0 Å². The van der Waals surface area contributed by atoms with Gasteiger partial charge in [0.15, 0.2) is 11.4 Å². The van der Waals surface area contributed by atoms with Crippen LogP contribution in [0.25, 0.3) is 5.65 Å². The molecule has 0 saturated carbocycles. The highest BCUT2D eigenvalue weighted by Crippen LogP contribution is 2.35. The van der Waals surface area contributed by atoms with Crippen LogP contribution in [0, 0.1) is 6.92 Å². The van der Waals surface area contributed by atoms with E-state index in [1.54, 1.807) is 41.0 Å². The Hall–Kier alpha value is -3.20. The summed E-state index contributed by atoms with van der Waals surface area (Å²) in [5.41, 5.74) is 0.587. The number of aryl methyl sites for hydroxylation is 1. The maximum atomic E-state index is 12.9. The zero-order valence-electron chi connectivity index (χ0n) is 15.4. The summed E-state index contributed by atoms with van der Waals surface area (Å²) >= 11 is 0. The van der Waals surface area contributed by atoms with Gasteiger partial charge in [-0.25, -0.2) is 9.50 Å². The first-order valence-corrected chi connectivity index (χ1v) is 9.02. The number of aromatic hydroxyl groups is 1. The highest BCUT2D eigenvalue weighted by atomic mass is 16.5. The fourth-order valence-corrected chi connectivity index (χ4v) is 3.41. The molecule has 9 heteroatoms. The largest absolute Gasteiger partial charge is 0.502 e. The van der Waals surface area contributed by atoms with Gasteiger partial charge in [0.1, 0.15) is 5.76 Å². The van der Waals surface area contributed by atoms with Gasteiger partial charge in [0.25, 0.3) is 0 Å².